The van der Waals surface area contributed by atoms with Gasteiger partial charge in [-0.15, -0.1) is 0 Å². The van der Waals surface area contributed by atoms with Gasteiger partial charge in [0, 0.05) is 18.7 Å². The first-order valence-corrected chi connectivity index (χ1v) is 7.92. The van der Waals surface area contributed by atoms with Crippen LogP contribution in [-0.2, 0) is 10.3 Å². The summed E-state index contributed by atoms with van der Waals surface area (Å²) in [6.07, 6.45) is 6.66. The second kappa shape index (κ2) is 4.96. The van der Waals surface area contributed by atoms with Crippen molar-refractivity contribution in [3.8, 4) is 0 Å². The van der Waals surface area contributed by atoms with Gasteiger partial charge in [-0.1, -0.05) is 25.4 Å². The van der Waals surface area contributed by atoms with Crippen LogP contribution >= 0.6 is 11.6 Å². The van der Waals surface area contributed by atoms with Crippen molar-refractivity contribution in [2.24, 2.45) is 5.41 Å². The molecule has 0 amide bonds. The highest BCUT2D eigenvalue weighted by Crippen LogP contribution is 2.47. The summed E-state index contributed by atoms with van der Waals surface area (Å²) in [5.74, 6) is 1.38. The molecule has 0 aliphatic heterocycles. The molecule has 0 N–H and O–H groups in total. The van der Waals surface area contributed by atoms with Gasteiger partial charge in [0.1, 0.15) is 10.8 Å². The lowest BCUT2D eigenvalue weighted by molar-refractivity contribution is -0.0730. The fourth-order valence-electron chi connectivity index (χ4n) is 3.08. The number of hydrogen-bond acceptors (Lipinski definition) is 3. The summed E-state index contributed by atoms with van der Waals surface area (Å²) >= 11 is 6.21. The number of rotatable bonds is 3. The molecule has 4 heteroatoms. The number of ether oxygens (including phenoxy) is 1. The van der Waals surface area contributed by atoms with Crippen molar-refractivity contribution in [2.45, 2.75) is 63.9 Å². The van der Waals surface area contributed by atoms with Crippen LogP contribution in [0.4, 0.5) is 0 Å². The Balaban J connectivity index is 1.93. The van der Waals surface area contributed by atoms with E-state index >= 15 is 0 Å². The molecule has 3 rings (SSSR count). The zero-order chi connectivity index (χ0) is 14.4. The fraction of sp³-hybridized carbons (Fsp3) is 0.750. The van der Waals surface area contributed by atoms with Gasteiger partial charge in [-0.2, -0.15) is 0 Å². The third kappa shape index (κ3) is 2.71. The minimum atomic E-state index is -0.343. The molecule has 3 nitrogen and oxygen atoms in total. The van der Waals surface area contributed by atoms with Crippen molar-refractivity contribution in [3.05, 3.63) is 22.7 Å². The Morgan fingerprint density at radius 1 is 1.15 bits per heavy atom. The van der Waals surface area contributed by atoms with Crippen molar-refractivity contribution in [3.63, 3.8) is 0 Å². The average Bonchev–Trinajstić information content (AvgIpc) is 3.23. The number of aromatic nitrogens is 2. The average molecular weight is 295 g/mol. The van der Waals surface area contributed by atoms with E-state index in [9.17, 15) is 0 Å². The Bertz CT molecular complexity index is 501. The molecule has 0 unspecified atom stereocenters. The molecular formula is C16H23ClN2O. The van der Waals surface area contributed by atoms with Crippen molar-refractivity contribution < 1.29 is 4.74 Å². The van der Waals surface area contributed by atoms with Crippen LogP contribution in [0, 0.1) is 5.41 Å². The summed E-state index contributed by atoms with van der Waals surface area (Å²) in [6.45, 7) is 4.64. The van der Waals surface area contributed by atoms with E-state index in [0.29, 0.717) is 16.5 Å². The Labute approximate surface area is 126 Å². The van der Waals surface area contributed by atoms with Gasteiger partial charge in [0.2, 0.25) is 0 Å². The standard InChI is InChI=1S/C16H23ClN2O/c1-15(2)6-8-16(20-3,9-7-15)14-18-12(11-4-5-11)10-13(17)19-14/h10-11H,4-9H2,1-3H3. The second-order valence-electron chi connectivity index (χ2n) is 7.08. The molecule has 1 aromatic heterocycles. The highest BCUT2D eigenvalue weighted by atomic mass is 35.5. The molecule has 20 heavy (non-hydrogen) atoms. The number of hydrogen-bond donors (Lipinski definition) is 0. The predicted molar refractivity (Wildman–Crippen MR) is 80.0 cm³/mol. The highest BCUT2D eigenvalue weighted by molar-refractivity contribution is 6.29. The summed E-state index contributed by atoms with van der Waals surface area (Å²) in [7, 11) is 1.78. The molecule has 2 aliphatic rings. The number of halogens is 1. The molecule has 0 aromatic carbocycles. The minimum absolute atomic E-state index is 0.343. The first kappa shape index (κ1) is 14.3. The molecule has 0 bridgehead atoms. The molecule has 110 valence electrons. The SMILES string of the molecule is COC1(c2nc(Cl)cc(C3CC3)n2)CCC(C)(C)CC1. The molecule has 0 saturated heterocycles. The van der Waals surface area contributed by atoms with E-state index < -0.39 is 0 Å². The Hall–Kier alpha value is -0.670. The normalized spacial score (nSPS) is 24.6. The van der Waals surface area contributed by atoms with E-state index in [-0.39, 0.29) is 5.60 Å². The van der Waals surface area contributed by atoms with Crippen molar-refractivity contribution in [2.75, 3.05) is 7.11 Å². The molecule has 0 atom stereocenters. The lowest BCUT2D eigenvalue weighted by atomic mass is 9.70. The molecule has 1 heterocycles. The van der Waals surface area contributed by atoms with Gasteiger partial charge in [-0.05, 0) is 50.0 Å². The molecule has 0 spiro atoms. The maximum absolute atomic E-state index is 6.21. The summed E-state index contributed by atoms with van der Waals surface area (Å²) in [5, 5.41) is 0.554. The summed E-state index contributed by atoms with van der Waals surface area (Å²) in [5.41, 5.74) is 1.14. The van der Waals surface area contributed by atoms with Crippen LogP contribution in [0.1, 0.15) is 69.8 Å². The van der Waals surface area contributed by atoms with E-state index in [4.69, 9.17) is 21.3 Å². The van der Waals surface area contributed by atoms with E-state index in [0.717, 1.165) is 37.2 Å². The van der Waals surface area contributed by atoms with Crippen molar-refractivity contribution in [1.29, 1.82) is 0 Å². The van der Waals surface area contributed by atoms with Gasteiger partial charge >= 0.3 is 0 Å². The van der Waals surface area contributed by atoms with Crippen LogP contribution in [0.3, 0.4) is 0 Å². The molecule has 2 aliphatic carbocycles. The Kier molecular flexibility index (Phi) is 3.54. The fourth-order valence-corrected chi connectivity index (χ4v) is 3.27. The van der Waals surface area contributed by atoms with E-state index in [1.807, 2.05) is 6.07 Å². The topological polar surface area (TPSA) is 35.0 Å². The molecule has 0 radical (unpaired) electrons. The number of nitrogens with zero attached hydrogens (tertiary/aromatic N) is 2. The van der Waals surface area contributed by atoms with Gasteiger partial charge < -0.3 is 4.74 Å². The molecule has 2 fully saturated rings. The first-order valence-electron chi connectivity index (χ1n) is 7.54. The molecular weight excluding hydrogens is 272 g/mol. The van der Waals surface area contributed by atoms with Crippen LogP contribution in [0.5, 0.6) is 0 Å². The van der Waals surface area contributed by atoms with Crippen molar-refractivity contribution in [1.82, 2.24) is 9.97 Å². The first-order chi connectivity index (χ1) is 9.44. The van der Waals surface area contributed by atoms with Gasteiger partial charge in [-0.25, -0.2) is 9.97 Å². The molecule has 2 saturated carbocycles. The summed E-state index contributed by atoms with van der Waals surface area (Å²) in [4.78, 5) is 9.28. The zero-order valence-electron chi connectivity index (χ0n) is 12.6. The summed E-state index contributed by atoms with van der Waals surface area (Å²) < 4.78 is 5.88. The van der Waals surface area contributed by atoms with Crippen LogP contribution < -0.4 is 0 Å². The van der Waals surface area contributed by atoms with Gasteiger partial charge in [-0.3, -0.25) is 0 Å². The predicted octanol–water partition coefficient (Wildman–Crippen LogP) is 4.45. The summed E-state index contributed by atoms with van der Waals surface area (Å²) in [6, 6.07) is 1.92. The smallest absolute Gasteiger partial charge is 0.162 e. The maximum atomic E-state index is 6.21. The van der Waals surface area contributed by atoms with Crippen molar-refractivity contribution >= 4 is 11.6 Å². The second-order valence-corrected chi connectivity index (χ2v) is 7.46. The van der Waals surface area contributed by atoms with E-state index in [2.05, 4.69) is 18.8 Å². The van der Waals surface area contributed by atoms with Gasteiger partial charge in [0.25, 0.3) is 0 Å². The monoisotopic (exact) mass is 294 g/mol. The van der Waals surface area contributed by atoms with Crippen LogP contribution in [-0.4, -0.2) is 17.1 Å². The van der Waals surface area contributed by atoms with Gasteiger partial charge in [0.05, 0.1) is 0 Å². The largest absolute Gasteiger partial charge is 0.370 e. The maximum Gasteiger partial charge on any atom is 0.162 e. The number of methoxy groups -OCH3 is 1. The minimum Gasteiger partial charge on any atom is -0.370 e. The lowest BCUT2D eigenvalue weighted by Crippen LogP contribution is -2.38. The van der Waals surface area contributed by atoms with E-state index in [1.54, 1.807) is 7.11 Å². The third-order valence-corrected chi connectivity index (χ3v) is 5.11. The lowest BCUT2D eigenvalue weighted by Gasteiger charge is -2.41. The van der Waals surface area contributed by atoms with Crippen LogP contribution in [0.2, 0.25) is 5.15 Å². The Morgan fingerprint density at radius 2 is 1.80 bits per heavy atom. The Morgan fingerprint density at radius 3 is 2.35 bits per heavy atom. The highest BCUT2D eigenvalue weighted by Gasteiger charge is 2.42. The quantitative estimate of drug-likeness (QED) is 0.773. The molecule has 1 aromatic rings. The van der Waals surface area contributed by atoms with Gasteiger partial charge in [0.15, 0.2) is 5.82 Å². The van der Waals surface area contributed by atoms with Crippen LogP contribution in [0.15, 0.2) is 6.07 Å². The van der Waals surface area contributed by atoms with E-state index in [1.165, 1.54) is 12.8 Å². The van der Waals surface area contributed by atoms with Crippen LogP contribution in [0.25, 0.3) is 0 Å². The third-order valence-electron chi connectivity index (χ3n) is 4.92. The zero-order valence-corrected chi connectivity index (χ0v) is 13.3.